The number of fused-ring (bicyclic) bond motifs is 1. The van der Waals surface area contributed by atoms with E-state index in [0.717, 1.165) is 24.0 Å². The van der Waals surface area contributed by atoms with Gasteiger partial charge in [0.1, 0.15) is 5.52 Å². The molecule has 0 spiro atoms. The first kappa shape index (κ1) is 17.7. The van der Waals surface area contributed by atoms with Crippen molar-refractivity contribution < 1.29 is 18.0 Å². The number of nitrogens with one attached hydrogen (secondary N) is 1. The lowest BCUT2D eigenvalue weighted by Gasteiger charge is -2.28. The van der Waals surface area contributed by atoms with E-state index >= 15 is 0 Å². The Hall–Kier alpha value is -2.16. The van der Waals surface area contributed by atoms with Gasteiger partial charge in [0.25, 0.3) is 5.91 Å². The molecule has 1 aliphatic heterocycles. The van der Waals surface area contributed by atoms with Gasteiger partial charge in [0.05, 0.1) is 17.3 Å². The fourth-order valence-electron chi connectivity index (χ4n) is 3.33. The molecule has 9 heteroatoms. The highest BCUT2D eigenvalue weighted by atomic mass is 19.4. The molecule has 1 N–H and O–H groups in total. The smallest absolute Gasteiger partial charge is 0.334 e. The molecule has 0 bridgehead atoms. The van der Waals surface area contributed by atoms with E-state index in [9.17, 15) is 18.0 Å². The maximum atomic E-state index is 13.1. The molecule has 0 saturated carbocycles. The van der Waals surface area contributed by atoms with E-state index in [4.69, 9.17) is 0 Å². The largest absolute Gasteiger partial charge is 0.449 e. The third-order valence-electron chi connectivity index (χ3n) is 4.46. The number of rotatable bonds is 4. The van der Waals surface area contributed by atoms with Crippen LogP contribution in [0.4, 0.5) is 13.2 Å². The predicted molar refractivity (Wildman–Crippen MR) is 86.1 cm³/mol. The summed E-state index contributed by atoms with van der Waals surface area (Å²) in [5, 5.41) is 3.21. The Labute approximate surface area is 143 Å². The zero-order valence-electron chi connectivity index (χ0n) is 14.1. The second-order valence-corrected chi connectivity index (χ2v) is 6.19. The molecule has 3 heterocycles. The van der Waals surface area contributed by atoms with E-state index in [2.05, 4.69) is 15.3 Å². The van der Waals surface area contributed by atoms with Crippen molar-refractivity contribution in [3.05, 3.63) is 23.8 Å². The lowest BCUT2D eigenvalue weighted by Crippen LogP contribution is -2.42. The molecular formula is C16H20F3N5O. The number of alkyl halides is 3. The Bertz CT molecular complexity index is 780. The average Bonchev–Trinajstić information content (AvgIpc) is 3.19. The van der Waals surface area contributed by atoms with Crippen LogP contribution in [0.25, 0.3) is 11.0 Å². The number of imidazole rings is 1. The number of amides is 1. The van der Waals surface area contributed by atoms with Gasteiger partial charge >= 0.3 is 6.18 Å². The summed E-state index contributed by atoms with van der Waals surface area (Å²) in [5.74, 6) is -1.33. The first-order valence-electron chi connectivity index (χ1n) is 8.24. The maximum absolute atomic E-state index is 13.1. The molecule has 136 valence electrons. The summed E-state index contributed by atoms with van der Waals surface area (Å²) < 4.78 is 40.3. The number of nitrogens with zero attached hydrogens (tertiary/aromatic N) is 4. The van der Waals surface area contributed by atoms with Gasteiger partial charge in [0.2, 0.25) is 5.82 Å². The molecule has 3 rings (SSSR count). The van der Waals surface area contributed by atoms with Crippen LogP contribution in [-0.2, 0) is 13.2 Å². The normalized spacial score (nSPS) is 18.0. The summed E-state index contributed by atoms with van der Waals surface area (Å²) in [5.41, 5.74) is 0.393. The highest BCUT2D eigenvalue weighted by Gasteiger charge is 2.38. The van der Waals surface area contributed by atoms with Gasteiger partial charge in [-0.3, -0.25) is 9.78 Å². The molecule has 25 heavy (non-hydrogen) atoms. The SMILES string of the molecule is CCCN(C(=O)c1cncc2nc(C(F)(F)F)n(C)c12)C1CCNC1. The summed E-state index contributed by atoms with van der Waals surface area (Å²) in [6.07, 6.45) is -0.411. The first-order valence-corrected chi connectivity index (χ1v) is 8.24. The van der Waals surface area contributed by atoms with Crippen LogP contribution in [-0.4, -0.2) is 51.0 Å². The molecule has 2 aromatic heterocycles. The summed E-state index contributed by atoms with van der Waals surface area (Å²) in [6.45, 7) is 4.03. The van der Waals surface area contributed by atoms with Gasteiger partial charge < -0.3 is 14.8 Å². The van der Waals surface area contributed by atoms with Gasteiger partial charge in [-0.15, -0.1) is 0 Å². The number of halogens is 3. The molecule has 0 aromatic carbocycles. The first-order chi connectivity index (χ1) is 11.8. The predicted octanol–water partition coefficient (Wildman–Crippen LogP) is 2.20. The third kappa shape index (κ3) is 3.20. The Kier molecular flexibility index (Phi) is 4.68. The number of aryl methyl sites for hydroxylation is 1. The van der Waals surface area contributed by atoms with Gasteiger partial charge in [-0.1, -0.05) is 6.92 Å². The fourth-order valence-corrected chi connectivity index (χ4v) is 3.33. The Morgan fingerprint density at radius 1 is 1.44 bits per heavy atom. The quantitative estimate of drug-likeness (QED) is 0.913. The van der Waals surface area contributed by atoms with Crippen LogP contribution in [0.1, 0.15) is 35.9 Å². The van der Waals surface area contributed by atoms with Gasteiger partial charge in [-0.2, -0.15) is 13.2 Å². The van der Waals surface area contributed by atoms with Gasteiger partial charge in [-0.05, 0) is 19.4 Å². The van der Waals surface area contributed by atoms with E-state index in [1.54, 1.807) is 4.90 Å². The number of carbonyl (C=O) groups excluding carboxylic acids is 1. The van der Waals surface area contributed by atoms with Crippen LogP contribution in [0.15, 0.2) is 12.4 Å². The maximum Gasteiger partial charge on any atom is 0.449 e. The molecule has 2 aromatic rings. The van der Waals surface area contributed by atoms with Crippen molar-refractivity contribution in [3.63, 3.8) is 0 Å². The molecule has 1 saturated heterocycles. The molecule has 1 amide bonds. The monoisotopic (exact) mass is 355 g/mol. The van der Waals surface area contributed by atoms with E-state index in [-0.39, 0.29) is 28.5 Å². The minimum absolute atomic E-state index is 0.0398. The standard InChI is InChI=1S/C16H20F3N5O/c1-3-6-24(10-4-5-20-7-10)14(25)11-8-21-9-12-13(11)23(2)15(22-12)16(17,18)19/h8-10,20H,3-7H2,1-2H3. The Morgan fingerprint density at radius 3 is 2.80 bits per heavy atom. The summed E-state index contributed by atoms with van der Waals surface area (Å²) in [4.78, 5) is 22.4. The Morgan fingerprint density at radius 2 is 2.20 bits per heavy atom. The highest BCUT2D eigenvalue weighted by Crippen LogP contribution is 2.32. The fraction of sp³-hybridized carbons (Fsp3) is 0.562. The van der Waals surface area contributed by atoms with Crippen molar-refractivity contribution in [2.45, 2.75) is 32.0 Å². The van der Waals surface area contributed by atoms with Crippen LogP contribution in [0.5, 0.6) is 0 Å². The molecule has 1 atom stereocenters. The van der Waals surface area contributed by atoms with Crippen molar-refractivity contribution in [3.8, 4) is 0 Å². The topological polar surface area (TPSA) is 63.1 Å². The zero-order valence-corrected chi connectivity index (χ0v) is 14.1. The van der Waals surface area contributed by atoms with Crippen molar-refractivity contribution in [1.29, 1.82) is 0 Å². The van der Waals surface area contributed by atoms with Crippen molar-refractivity contribution in [2.24, 2.45) is 7.05 Å². The van der Waals surface area contributed by atoms with Crippen molar-refractivity contribution in [2.75, 3.05) is 19.6 Å². The zero-order chi connectivity index (χ0) is 18.2. The molecule has 1 fully saturated rings. The molecule has 0 radical (unpaired) electrons. The summed E-state index contributed by atoms with van der Waals surface area (Å²) >= 11 is 0. The van der Waals surface area contributed by atoms with Crippen molar-refractivity contribution in [1.82, 2.24) is 24.8 Å². The second-order valence-electron chi connectivity index (χ2n) is 6.19. The van der Waals surface area contributed by atoms with E-state index in [1.165, 1.54) is 19.4 Å². The van der Waals surface area contributed by atoms with Crippen LogP contribution >= 0.6 is 0 Å². The molecule has 0 aliphatic carbocycles. The van der Waals surface area contributed by atoms with E-state index in [1.807, 2.05) is 6.92 Å². The Balaban J connectivity index is 2.07. The van der Waals surface area contributed by atoms with E-state index < -0.39 is 12.0 Å². The van der Waals surface area contributed by atoms with Crippen LogP contribution in [0.2, 0.25) is 0 Å². The summed E-state index contributed by atoms with van der Waals surface area (Å²) in [6, 6.07) is 0.0398. The molecule has 1 aliphatic rings. The summed E-state index contributed by atoms with van der Waals surface area (Å²) in [7, 11) is 1.27. The van der Waals surface area contributed by atoms with Gasteiger partial charge in [0.15, 0.2) is 0 Å². The molecule has 1 unspecified atom stereocenters. The molecular weight excluding hydrogens is 335 g/mol. The van der Waals surface area contributed by atoms with E-state index in [0.29, 0.717) is 13.1 Å². The van der Waals surface area contributed by atoms with Gasteiger partial charge in [-0.25, -0.2) is 4.98 Å². The number of carbonyl (C=O) groups is 1. The molecule has 6 nitrogen and oxygen atoms in total. The number of aromatic nitrogens is 3. The lowest BCUT2D eigenvalue weighted by molar-refractivity contribution is -0.146. The van der Waals surface area contributed by atoms with Crippen LogP contribution in [0.3, 0.4) is 0 Å². The lowest BCUT2D eigenvalue weighted by atomic mass is 10.1. The average molecular weight is 355 g/mol. The van der Waals surface area contributed by atoms with Gasteiger partial charge in [0, 0.05) is 32.4 Å². The number of hydrogen-bond donors (Lipinski definition) is 1. The highest BCUT2D eigenvalue weighted by molar-refractivity contribution is 6.04. The minimum atomic E-state index is -4.59. The minimum Gasteiger partial charge on any atom is -0.334 e. The third-order valence-corrected chi connectivity index (χ3v) is 4.46. The number of hydrogen-bond acceptors (Lipinski definition) is 4. The second kappa shape index (κ2) is 6.62. The van der Waals surface area contributed by atoms with Crippen molar-refractivity contribution >= 4 is 16.9 Å². The number of pyridine rings is 1. The van der Waals surface area contributed by atoms with Crippen LogP contribution < -0.4 is 5.32 Å². The van der Waals surface area contributed by atoms with Crippen LogP contribution in [0, 0.1) is 0 Å².